The summed E-state index contributed by atoms with van der Waals surface area (Å²) in [6, 6.07) is 8.19. The molecule has 39 heavy (non-hydrogen) atoms. The van der Waals surface area contributed by atoms with Gasteiger partial charge in [-0.15, -0.1) is 0 Å². The maximum atomic E-state index is 13.3. The third-order valence-electron chi connectivity index (χ3n) is 7.23. The number of hydrogen-bond acceptors (Lipinski definition) is 7. The molecule has 10 nitrogen and oxygen atoms in total. The molecule has 2 unspecified atom stereocenters. The number of piperidine rings is 1. The number of benzene rings is 2. The van der Waals surface area contributed by atoms with Crippen LogP contribution in [0, 0.1) is 0 Å². The molecule has 2 aromatic carbocycles. The van der Waals surface area contributed by atoms with Crippen LogP contribution in [-0.4, -0.2) is 93.3 Å². The first-order chi connectivity index (χ1) is 18.6. The summed E-state index contributed by atoms with van der Waals surface area (Å²) >= 11 is 6.02. The summed E-state index contributed by atoms with van der Waals surface area (Å²) in [5.74, 6) is -0.648. The number of rotatable bonds is 11. The molecular formula is C27H35ClN4O6S. The van der Waals surface area contributed by atoms with E-state index in [4.69, 9.17) is 16.3 Å². The number of fused-ring (bicyclic) bond motifs is 1. The number of hydrogen-bond donors (Lipinski definition) is 2. The highest BCUT2D eigenvalue weighted by atomic mass is 35.5. The van der Waals surface area contributed by atoms with Crippen molar-refractivity contribution in [1.82, 2.24) is 19.8 Å². The Morgan fingerprint density at radius 1 is 1.13 bits per heavy atom. The van der Waals surface area contributed by atoms with E-state index in [1.807, 2.05) is 6.92 Å². The quantitative estimate of drug-likeness (QED) is 0.417. The number of carbonyl (C=O) groups is 3. The summed E-state index contributed by atoms with van der Waals surface area (Å²) in [6.07, 6.45) is 1.89. The van der Waals surface area contributed by atoms with Gasteiger partial charge in [-0.3, -0.25) is 14.4 Å². The lowest BCUT2D eigenvalue weighted by molar-refractivity contribution is -0.144. The van der Waals surface area contributed by atoms with Crippen molar-refractivity contribution in [2.24, 2.45) is 0 Å². The maximum Gasteiger partial charge on any atom is 0.245 e. The van der Waals surface area contributed by atoms with Crippen LogP contribution >= 0.6 is 11.6 Å². The fraction of sp³-hybridized carbons (Fsp3) is 0.519. The standard InChI is InChI=1S/C27H35ClN4O6S/c1-3-38-17-23(33)15-29-22-5-4-11-31(16-22)26(34)18(2)32-12-10-25(27(32)35)30-39(36,37)24-9-7-19-13-21(28)8-6-20(19)14-24/h6-9,13-14,18,22,25,29-30H,3-5,10-12,15-17H2,1-2H3/t18-,22?,25?/m0/s1. The van der Waals surface area contributed by atoms with E-state index in [0.717, 1.165) is 18.2 Å². The molecule has 3 atom stereocenters. The molecule has 2 amide bonds. The number of likely N-dealkylation sites (tertiary alicyclic amines) is 2. The molecule has 0 aromatic heterocycles. The summed E-state index contributed by atoms with van der Waals surface area (Å²) in [6.45, 7) is 5.51. The van der Waals surface area contributed by atoms with Crippen LogP contribution in [0.4, 0.5) is 0 Å². The Morgan fingerprint density at radius 2 is 1.87 bits per heavy atom. The normalized spacial score (nSPS) is 20.9. The molecular weight excluding hydrogens is 544 g/mol. The Balaban J connectivity index is 1.34. The second kappa shape index (κ2) is 12.7. The smallest absolute Gasteiger partial charge is 0.245 e. The molecule has 2 aliphatic rings. The first-order valence-electron chi connectivity index (χ1n) is 13.2. The van der Waals surface area contributed by atoms with Crippen molar-refractivity contribution in [3.63, 3.8) is 0 Å². The minimum atomic E-state index is -3.97. The predicted molar refractivity (Wildman–Crippen MR) is 148 cm³/mol. The fourth-order valence-electron chi connectivity index (χ4n) is 5.08. The summed E-state index contributed by atoms with van der Waals surface area (Å²) < 4.78 is 33.8. The number of sulfonamides is 1. The second-order valence-corrected chi connectivity index (χ2v) is 12.2. The number of nitrogens with one attached hydrogen (secondary N) is 2. The average molecular weight is 579 g/mol. The Hall–Kier alpha value is -2.57. The molecule has 2 N–H and O–H groups in total. The van der Waals surface area contributed by atoms with Gasteiger partial charge in [0.2, 0.25) is 21.8 Å². The van der Waals surface area contributed by atoms with Gasteiger partial charge in [-0.2, -0.15) is 4.72 Å². The number of halogens is 1. The highest BCUT2D eigenvalue weighted by Gasteiger charge is 2.40. The zero-order chi connectivity index (χ0) is 28.2. The van der Waals surface area contributed by atoms with Crippen molar-refractivity contribution >= 4 is 50.0 Å². The van der Waals surface area contributed by atoms with Crippen molar-refractivity contribution in [2.75, 3.05) is 39.4 Å². The minimum Gasteiger partial charge on any atom is -0.374 e. The van der Waals surface area contributed by atoms with E-state index < -0.39 is 28.0 Å². The van der Waals surface area contributed by atoms with E-state index in [-0.39, 0.29) is 48.7 Å². The van der Waals surface area contributed by atoms with Crippen LogP contribution in [0.5, 0.6) is 0 Å². The average Bonchev–Trinajstić information content (AvgIpc) is 3.28. The number of ketones is 1. The van der Waals surface area contributed by atoms with Crippen LogP contribution in [0.3, 0.4) is 0 Å². The van der Waals surface area contributed by atoms with E-state index >= 15 is 0 Å². The van der Waals surface area contributed by atoms with Crippen LogP contribution < -0.4 is 10.0 Å². The zero-order valence-corrected chi connectivity index (χ0v) is 23.8. The van der Waals surface area contributed by atoms with E-state index in [1.165, 1.54) is 11.0 Å². The summed E-state index contributed by atoms with van der Waals surface area (Å²) in [5.41, 5.74) is 0. The first-order valence-corrected chi connectivity index (χ1v) is 15.1. The highest BCUT2D eigenvalue weighted by Crippen LogP contribution is 2.24. The molecule has 0 spiro atoms. The molecule has 2 aliphatic heterocycles. The third-order valence-corrected chi connectivity index (χ3v) is 8.94. The first kappa shape index (κ1) is 29.4. The maximum absolute atomic E-state index is 13.3. The Bertz CT molecular complexity index is 1340. The molecule has 0 aliphatic carbocycles. The lowest BCUT2D eigenvalue weighted by Gasteiger charge is -2.36. The van der Waals surface area contributed by atoms with E-state index in [9.17, 15) is 22.8 Å². The monoisotopic (exact) mass is 578 g/mol. The fourth-order valence-corrected chi connectivity index (χ4v) is 6.52. The van der Waals surface area contributed by atoms with E-state index in [2.05, 4.69) is 10.0 Å². The third kappa shape index (κ3) is 7.15. The van der Waals surface area contributed by atoms with Gasteiger partial charge in [-0.1, -0.05) is 23.7 Å². The molecule has 4 rings (SSSR count). The minimum absolute atomic E-state index is 0.0210. The lowest BCUT2D eigenvalue weighted by Crippen LogP contribution is -2.55. The van der Waals surface area contributed by atoms with Crippen LogP contribution in [-0.2, 0) is 29.1 Å². The second-order valence-electron chi connectivity index (χ2n) is 10.0. The SMILES string of the molecule is CCOCC(=O)CNC1CCCN(C(=O)[C@H](C)N2CCC(NS(=O)(=O)c3ccc4cc(Cl)ccc4c3)C2=O)C1. The van der Waals surface area contributed by atoms with Gasteiger partial charge in [-0.05, 0) is 68.1 Å². The molecule has 0 saturated carbocycles. The summed E-state index contributed by atoms with van der Waals surface area (Å²) in [4.78, 5) is 41.6. The number of nitrogens with zero attached hydrogens (tertiary/aromatic N) is 2. The summed E-state index contributed by atoms with van der Waals surface area (Å²) in [7, 11) is -3.97. The van der Waals surface area contributed by atoms with Crippen LogP contribution in [0.2, 0.25) is 5.02 Å². The zero-order valence-electron chi connectivity index (χ0n) is 22.2. The van der Waals surface area contributed by atoms with Crippen molar-refractivity contribution in [2.45, 2.75) is 56.1 Å². The van der Waals surface area contributed by atoms with Gasteiger partial charge < -0.3 is 19.9 Å². The number of ether oxygens (including phenoxy) is 1. The predicted octanol–water partition coefficient (Wildman–Crippen LogP) is 1.95. The topological polar surface area (TPSA) is 125 Å². The van der Waals surface area contributed by atoms with Gasteiger partial charge in [-0.25, -0.2) is 8.42 Å². The molecule has 2 aromatic rings. The molecule has 212 valence electrons. The van der Waals surface area contributed by atoms with Crippen molar-refractivity contribution < 1.29 is 27.5 Å². The van der Waals surface area contributed by atoms with Crippen molar-refractivity contribution in [1.29, 1.82) is 0 Å². The number of carbonyl (C=O) groups excluding carboxylic acids is 3. The van der Waals surface area contributed by atoms with Gasteiger partial charge in [0.1, 0.15) is 18.7 Å². The molecule has 2 heterocycles. The lowest BCUT2D eigenvalue weighted by atomic mass is 10.0. The molecule has 0 bridgehead atoms. The van der Waals surface area contributed by atoms with Crippen LogP contribution in [0.15, 0.2) is 41.3 Å². The van der Waals surface area contributed by atoms with Gasteiger partial charge in [0.05, 0.1) is 11.4 Å². The molecule has 0 radical (unpaired) electrons. The van der Waals surface area contributed by atoms with Crippen LogP contribution in [0.1, 0.15) is 33.1 Å². The van der Waals surface area contributed by atoms with Gasteiger partial charge in [0.15, 0.2) is 5.78 Å². The van der Waals surface area contributed by atoms with Gasteiger partial charge in [0.25, 0.3) is 0 Å². The largest absolute Gasteiger partial charge is 0.374 e. The Labute approximate surface area is 234 Å². The van der Waals surface area contributed by atoms with Crippen molar-refractivity contribution in [3.05, 3.63) is 41.4 Å². The number of Topliss-reactive ketones (excluding diaryl/α,β-unsaturated/α-hetero) is 1. The Kier molecular flexibility index (Phi) is 9.60. The van der Waals surface area contributed by atoms with E-state index in [0.29, 0.717) is 30.1 Å². The van der Waals surface area contributed by atoms with Crippen molar-refractivity contribution in [3.8, 4) is 0 Å². The molecule has 12 heteroatoms. The van der Waals surface area contributed by atoms with Crippen LogP contribution in [0.25, 0.3) is 10.8 Å². The molecule has 2 saturated heterocycles. The Morgan fingerprint density at radius 3 is 2.64 bits per heavy atom. The molecule has 2 fully saturated rings. The van der Waals surface area contributed by atoms with E-state index in [1.54, 1.807) is 42.2 Å². The van der Waals surface area contributed by atoms with Gasteiger partial charge >= 0.3 is 0 Å². The number of amides is 2. The highest BCUT2D eigenvalue weighted by molar-refractivity contribution is 7.89. The van der Waals surface area contributed by atoms with Gasteiger partial charge in [0, 0.05) is 37.3 Å². The summed E-state index contributed by atoms with van der Waals surface area (Å²) in [5, 5.41) is 5.29.